The number of aromatic nitrogens is 2. The molecule has 2 nitrogen and oxygen atoms in total. The Morgan fingerprint density at radius 1 is 0.308 bits per heavy atom. The van der Waals surface area contributed by atoms with Gasteiger partial charge in [-0.05, 0) is 71.8 Å². The highest BCUT2D eigenvalue weighted by molar-refractivity contribution is 7.26. The predicted octanol–water partition coefficient (Wildman–Crippen LogP) is 14.3. The lowest BCUT2D eigenvalue weighted by Gasteiger charge is -2.13. The second-order valence-electron chi connectivity index (χ2n) is 13.6. The third kappa shape index (κ3) is 3.83. The number of rotatable bonds is 3. The van der Waals surface area contributed by atoms with E-state index in [1.54, 1.807) is 0 Å². The molecule has 12 aromatic rings. The molecule has 4 aromatic heterocycles. The van der Waals surface area contributed by atoms with Gasteiger partial charge in [-0.15, -0.1) is 22.7 Å². The van der Waals surface area contributed by atoms with E-state index in [2.05, 4.69) is 179 Å². The zero-order valence-electron chi connectivity index (χ0n) is 27.9. The Labute approximate surface area is 306 Å². The quantitative estimate of drug-likeness (QED) is 0.174. The summed E-state index contributed by atoms with van der Waals surface area (Å²) in [6, 6.07) is 62.8. The first-order valence-electron chi connectivity index (χ1n) is 17.7. The van der Waals surface area contributed by atoms with Crippen LogP contribution in [0.5, 0.6) is 0 Å². The smallest absolute Gasteiger partial charge is 0.0788 e. The molecule has 0 saturated carbocycles. The van der Waals surface area contributed by atoms with Crippen molar-refractivity contribution in [2.75, 3.05) is 0 Å². The monoisotopic (exact) mass is 696 g/mol. The normalized spacial score (nSPS) is 12.2. The van der Waals surface area contributed by atoms with E-state index in [1.807, 2.05) is 22.7 Å². The molecule has 0 aliphatic carbocycles. The van der Waals surface area contributed by atoms with E-state index in [0.717, 1.165) is 5.69 Å². The molecule has 0 aliphatic heterocycles. The van der Waals surface area contributed by atoms with Gasteiger partial charge in [0.1, 0.15) is 0 Å². The molecule has 4 heterocycles. The molecule has 0 spiro atoms. The van der Waals surface area contributed by atoms with Gasteiger partial charge in [0.25, 0.3) is 0 Å². The molecule has 0 saturated heterocycles. The van der Waals surface area contributed by atoms with E-state index >= 15 is 0 Å². The summed E-state index contributed by atoms with van der Waals surface area (Å²) >= 11 is 3.77. The van der Waals surface area contributed by atoms with Gasteiger partial charge in [0, 0.05) is 73.3 Å². The number of hydrogen-bond acceptors (Lipinski definition) is 2. The number of benzene rings is 8. The second kappa shape index (κ2) is 10.7. The summed E-state index contributed by atoms with van der Waals surface area (Å²) in [4.78, 5) is 0. The maximum absolute atomic E-state index is 2.52. The lowest BCUT2D eigenvalue weighted by atomic mass is 9.95. The molecule has 0 bridgehead atoms. The van der Waals surface area contributed by atoms with E-state index in [-0.39, 0.29) is 0 Å². The summed E-state index contributed by atoms with van der Waals surface area (Å²) in [5, 5.41) is 10.4. The number of fused-ring (bicyclic) bond motifs is 13. The lowest BCUT2D eigenvalue weighted by molar-refractivity contribution is 1.15. The molecule has 52 heavy (non-hydrogen) atoms. The molecule has 242 valence electrons. The van der Waals surface area contributed by atoms with Crippen molar-refractivity contribution in [1.82, 2.24) is 9.13 Å². The van der Waals surface area contributed by atoms with E-state index in [4.69, 9.17) is 0 Å². The Kier molecular flexibility index (Phi) is 5.84. The molecule has 0 radical (unpaired) electrons. The topological polar surface area (TPSA) is 9.86 Å². The van der Waals surface area contributed by atoms with Crippen molar-refractivity contribution in [2.24, 2.45) is 0 Å². The van der Waals surface area contributed by atoms with Crippen LogP contribution in [0.3, 0.4) is 0 Å². The number of thiophene rings is 2. The van der Waals surface area contributed by atoms with Crippen molar-refractivity contribution in [3.63, 3.8) is 0 Å². The second-order valence-corrected chi connectivity index (χ2v) is 15.8. The van der Waals surface area contributed by atoms with Crippen LogP contribution < -0.4 is 0 Å². The third-order valence-corrected chi connectivity index (χ3v) is 13.2. The van der Waals surface area contributed by atoms with Crippen LogP contribution in [0.2, 0.25) is 0 Å². The Morgan fingerprint density at radius 2 is 0.808 bits per heavy atom. The van der Waals surface area contributed by atoms with Crippen LogP contribution in [0.15, 0.2) is 170 Å². The fourth-order valence-electron chi connectivity index (χ4n) is 8.79. The van der Waals surface area contributed by atoms with E-state index in [0.29, 0.717) is 0 Å². The summed E-state index contributed by atoms with van der Waals surface area (Å²) in [5.41, 5.74) is 9.82. The molecule has 0 atom stereocenters. The largest absolute Gasteiger partial charge is 0.307 e. The average Bonchev–Trinajstić information content (AvgIpc) is 3.95. The average molecular weight is 697 g/mol. The molecular weight excluding hydrogens is 669 g/mol. The molecule has 0 aliphatic rings. The van der Waals surface area contributed by atoms with Crippen LogP contribution in [0.4, 0.5) is 0 Å². The van der Waals surface area contributed by atoms with E-state index in [9.17, 15) is 0 Å². The SMILES string of the molecule is c1ccc(-n2c3ccccc3c3ccc4c5ccccc5n(-c5ccc6sc7cccc(-c8cccc9sc%10ccccc%10c89)c7c6c5)c4c32)cc1. The minimum absolute atomic E-state index is 1.16. The highest BCUT2D eigenvalue weighted by Gasteiger charge is 2.22. The number of para-hydroxylation sites is 3. The highest BCUT2D eigenvalue weighted by Crippen LogP contribution is 2.47. The lowest BCUT2D eigenvalue weighted by Crippen LogP contribution is -1.98. The molecule has 0 amide bonds. The zero-order valence-corrected chi connectivity index (χ0v) is 29.5. The van der Waals surface area contributed by atoms with Gasteiger partial charge in [0.15, 0.2) is 0 Å². The first-order chi connectivity index (χ1) is 25.8. The van der Waals surface area contributed by atoms with Crippen LogP contribution in [-0.2, 0) is 0 Å². The van der Waals surface area contributed by atoms with Crippen molar-refractivity contribution in [3.05, 3.63) is 170 Å². The van der Waals surface area contributed by atoms with E-state index < -0.39 is 0 Å². The van der Waals surface area contributed by atoms with Crippen molar-refractivity contribution in [1.29, 1.82) is 0 Å². The molecule has 4 heteroatoms. The van der Waals surface area contributed by atoms with Gasteiger partial charge in [-0.25, -0.2) is 0 Å². The van der Waals surface area contributed by atoms with Crippen LogP contribution in [0.25, 0.3) is 106 Å². The fraction of sp³-hybridized carbons (Fsp3) is 0. The van der Waals surface area contributed by atoms with Crippen LogP contribution in [-0.4, -0.2) is 9.13 Å². The standard InChI is InChI=1S/C48H28N2S2/c1-2-12-29(13-3-1)49-39-19-7-4-14-31(39)35-25-26-36-32-15-5-8-20-40(32)50(48(36)47(35)49)30-24-27-42-38(28-30)46-34(18-11-23-44(46)52-42)33-17-10-22-43-45(33)37-16-6-9-21-41(37)51-43/h1-28H. The van der Waals surface area contributed by atoms with Gasteiger partial charge in [-0.3, -0.25) is 0 Å². The fourth-order valence-corrected chi connectivity index (χ4v) is 11.0. The Bertz CT molecular complexity index is 3410. The number of hydrogen-bond donors (Lipinski definition) is 0. The number of nitrogens with zero attached hydrogens (tertiary/aromatic N) is 2. The summed E-state index contributed by atoms with van der Waals surface area (Å²) < 4.78 is 10.3. The van der Waals surface area contributed by atoms with Gasteiger partial charge >= 0.3 is 0 Å². The maximum Gasteiger partial charge on any atom is 0.0788 e. The molecule has 0 fully saturated rings. The molecule has 8 aromatic carbocycles. The summed E-state index contributed by atoms with van der Waals surface area (Å²) in [6.07, 6.45) is 0. The van der Waals surface area contributed by atoms with Crippen molar-refractivity contribution < 1.29 is 0 Å². The van der Waals surface area contributed by atoms with Crippen LogP contribution in [0, 0.1) is 0 Å². The maximum atomic E-state index is 2.52. The van der Waals surface area contributed by atoms with Gasteiger partial charge in [0.2, 0.25) is 0 Å². The first kappa shape index (κ1) is 28.5. The minimum atomic E-state index is 1.16. The van der Waals surface area contributed by atoms with Crippen LogP contribution in [0.1, 0.15) is 0 Å². The Morgan fingerprint density at radius 3 is 1.46 bits per heavy atom. The Balaban J connectivity index is 1.21. The van der Waals surface area contributed by atoms with Crippen molar-refractivity contribution in [3.8, 4) is 22.5 Å². The Hall–Kier alpha value is -6.20. The molecule has 0 unspecified atom stereocenters. The van der Waals surface area contributed by atoms with Crippen molar-refractivity contribution in [2.45, 2.75) is 0 Å². The molecule has 0 N–H and O–H groups in total. The highest BCUT2D eigenvalue weighted by atomic mass is 32.1. The van der Waals surface area contributed by atoms with Crippen LogP contribution >= 0.6 is 22.7 Å². The summed E-state index contributed by atoms with van der Waals surface area (Å²) in [5.74, 6) is 0. The third-order valence-electron chi connectivity index (χ3n) is 10.9. The minimum Gasteiger partial charge on any atom is -0.307 e. The first-order valence-corrected chi connectivity index (χ1v) is 19.3. The summed E-state index contributed by atoms with van der Waals surface area (Å²) in [7, 11) is 0. The predicted molar refractivity (Wildman–Crippen MR) is 226 cm³/mol. The van der Waals surface area contributed by atoms with Crippen molar-refractivity contribution >= 4 is 107 Å². The van der Waals surface area contributed by atoms with Gasteiger partial charge < -0.3 is 9.13 Å². The van der Waals surface area contributed by atoms with E-state index in [1.165, 1.54) is 101 Å². The van der Waals surface area contributed by atoms with Gasteiger partial charge in [-0.2, -0.15) is 0 Å². The van der Waals surface area contributed by atoms with Gasteiger partial charge in [-0.1, -0.05) is 109 Å². The van der Waals surface area contributed by atoms with Gasteiger partial charge in [0.05, 0.1) is 22.1 Å². The summed E-state index contributed by atoms with van der Waals surface area (Å²) in [6.45, 7) is 0. The molecular formula is C48H28N2S2. The molecule has 12 rings (SSSR count). The zero-order chi connectivity index (χ0) is 33.9.